The average Bonchev–Trinajstić information content (AvgIpc) is 2.88. The third kappa shape index (κ3) is 11.1. The molecule has 0 fully saturated rings. The summed E-state index contributed by atoms with van der Waals surface area (Å²) in [5, 5.41) is 19.2. The fourth-order valence-electron chi connectivity index (χ4n) is 3.89. The summed E-state index contributed by atoms with van der Waals surface area (Å²) in [6, 6.07) is 23.1. The summed E-state index contributed by atoms with van der Waals surface area (Å²) in [7, 11) is 0. The van der Waals surface area contributed by atoms with Crippen molar-refractivity contribution in [3.63, 3.8) is 0 Å². The Labute approximate surface area is 251 Å². The molecule has 2 N–H and O–H groups in total. The number of Topliss-reactive ketones (excluding diaryl/α,β-unsaturated/α-hetero) is 1. The molecule has 0 saturated carbocycles. The molecule has 0 radical (unpaired) electrons. The Balaban J connectivity index is 0.00000507. The van der Waals surface area contributed by atoms with Crippen molar-refractivity contribution < 1.29 is 29.3 Å². The molecule has 3 rings (SSSR count). The summed E-state index contributed by atoms with van der Waals surface area (Å²) in [5.41, 5.74) is 2.76. The molecule has 0 aromatic heterocycles. The summed E-state index contributed by atoms with van der Waals surface area (Å²) in [4.78, 5) is 22.4. The fraction of sp³-hybridized carbons (Fsp3) is 0.333. The van der Waals surface area contributed by atoms with E-state index in [1.54, 1.807) is 23.9 Å². The van der Waals surface area contributed by atoms with E-state index in [0.29, 0.717) is 31.1 Å². The number of rotatable bonds is 16. The van der Waals surface area contributed by atoms with Gasteiger partial charge in [-0.1, -0.05) is 42.5 Å². The van der Waals surface area contributed by atoms with Crippen molar-refractivity contribution >= 4 is 53.1 Å². The molecule has 0 saturated heterocycles. The number of aliphatic carboxylic acids is 1. The zero-order valence-corrected chi connectivity index (χ0v) is 21.9. The second kappa shape index (κ2) is 17.2. The number of phenolic OH excluding ortho intramolecular Hbond substituents is 1. The van der Waals surface area contributed by atoms with Crippen LogP contribution in [0.1, 0.15) is 59.3 Å². The van der Waals surface area contributed by atoms with E-state index in [2.05, 4.69) is 36.4 Å². The Bertz CT molecular complexity index is 1140. The van der Waals surface area contributed by atoms with E-state index in [1.165, 1.54) is 24.1 Å². The molecule has 1 unspecified atom stereocenters. The van der Waals surface area contributed by atoms with Gasteiger partial charge in [-0.2, -0.15) is 11.8 Å². The zero-order chi connectivity index (χ0) is 26.5. The van der Waals surface area contributed by atoms with Crippen molar-refractivity contribution in [1.29, 1.82) is 0 Å². The summed E-state index contributed by atoms with van der Waals surface area (Å²) in [5.74, 6) is 0.810. The van der Waals surface area contributed by atoms with E-state index in [4.69, 9.17) is 14.6 Å². The van der Waals surface area contributed by atoms with Crippen molar-refractivity contribution in [1.82, 2.24) is 0 Å². The molecule has 0 bridgehead atoms. The number of hydrogen-bond acceptors (Lipinski definition) is 6. The van der Waals surface area contributed by atoms with Crippen LogP contribution in [-0.2, 0) is 11.2 Å². The SMILES string of the molecule is CC(=O)c1ccc(OCCCOc2ccc(C(CCCc3ccccc3)SCCC(=O)O)cc2)cc1O.[NaH]. The number of aryl methyl sites for hydroxylation is 1. The first-order chi connectivity index (χ1) is 17.9. The van der Waals surface area contributed by atoms with E-state index in [0.717, 1.165) is 25.0 Å². The van der Waals surface area contributed by atoms with E-state index >= 15 is 0 Å². The number of ether oxygens (including phenoxy) is 2. The van der Waals surface area contributed by atoms with E-state index in [9.17, 15) is 14.7 Å². The second-order valence-corrected chi connectivity index (χ2v) is 10.0. The van der Waals surface area contributed by atoms with Crippen LogP contribution in [0.15, 0.2) is 72.8 Å². The van der Waals surface area contributed by atoms with Crippen LogP contribution in [-0.4, -0.2) is 70.5 Å². The van der Waals surface area contributed by atoms with Crippen molar-refractivity contribution in [3.8, 4) is 17.2 Å². The van der Waals surface area contributed by atoms with Crippen molar-refractivity contribution in [2.75, 3.05) is 19.0 Å². The molecule has 0 aliphatic carbocycles. The average molecular weight is 547 g/mol. The number of benzene rings is 3. The third-order valence-corrected chi connectivity index (χ3v) is 7.19. The Morgan fingerprint density at radius 3 is 2.18 bits per heavy atom. The minimum atomic E-state index is -0.770. The molecule has 6 nitrogen and oxygen atoms in total. The van der Waals surface area contributed by atoms with Crippen LogP contribution in [0.5, 0.6) is 17.2 Å². The number of carboxylic acids is 1. The topological polar surface area (TPSA) is 93.1 Å². The molecule has 0 heterocycles. The molecule has 1 atom stereocenters. The maximum atomic E-state index is 11.4. The van der Waals surface area contributed by atoms with Gasteiger partial charge in [-0.15, -0.1) is 0 Å². The van der Waals surface area contributed by atoms with Gasteiger partial charge < -0.3 is 19.7 Å². The number of ketones is 1. The maximum absolute atomic E-state index is 11.4. The standard InChI is InChI=1S/C30H34O6S.Na.H/c1-22(31)27-16-15-26(21-28(27)32)36-19-6-18-35-25-13-11-24(12-14-25)29(37-20-17-30(33)34)10-5-9-23-7-3-2-4-8-23;;/h2-4,7-8,11-16,21,29,32H,5-6,9-10,17-20H2,1H3,(H,33,34);;. The Morgan fingerprint density at radius 2 is 1.55 bits per heavy atom. The molecule has 198 valence electrons. The Hall–Kier alpha value is -2.45. The predicted molar refractivity (Wildman–Crippen MR) is 154 cm³/mol. The minimum absolute atomic E-state index is 0. The quantitative estimate of drug-likeness (QED) is 0.128. The summed E-state index contributed by atoms with van der Waals surface area (Å²) < 4.78 is 11.5. The molecule has 0 amide bonds. The molecular weight excluding hydrogens is 511 g/mol. The van der Waals surface area contributed by atoms with Crippen LogP contribution in [0.4, 0.5) is 0 Å². The third-order valence-electron chi connectivity index (χ3n) is 5.84. The van der Waals surface area contributed by atoms with Crippen LogP contribution in [0.3, 0.4) is 0 Å². The molecule has 38 heavy (non-hydrogen) atoms. The van der Waals surface area contributed by atoms with Gasteiger partial charge in [0.2, 0.25) is 0 Å². The van der Waals surface area contributed by atoms with Gasteiger partial charge in [0.15, 0.2) is 5.78 Å². The first kappa shape index (κ1) is 31.8. The summed E-state index contributed by atoms with van der Waals surface area (Å²) in [6.45, 7) is 2.30. The van der Waals surface area contributed by atoms with Gasteiger partial charge in [0.25, 0.3) is 0 Å². The number of carboxylic acid groups (broad SMARTS) is 1. The molecular formula is C30H35NaO6S. The van der Waals surface area contributed by atoms with Crippen molar-refractivity contribution in [2.45, 2.75) is 44.3 Å². The van der Waals surface area contributed by atoms with Gasteiger partial charge in [0.05, 0.1) is 25.2 Å². The van der Waals surface area contributed by atoms with Gasteiger partial charge in [-0.25, -0.2) is 0 Å². The molecule has 0 aliphatic heterocycles. The van der Waals surface area contributed by atoms with Gasteiger partial charge in [0, 0.05) is 23.5 Å². The Morgan fingerprint density at radius 1 is 0.895 bits per heavy atom. The van der Waals surface area contributed by atoms with Gasteiger partial charge in [0.1, 0.15) is 17.2 Å². The number of aromatic hydroxyl groups is 1. The molecule has 3 aromatic carbocycles. The normalized spacial score (nSPS) is 11.3. The Kier molecular flexibility index (Phi) is 14.4. The van der Waals surface area contributed by atoms with Crippen LogP contribution < -0.4 is 9.47 Å². The van der Waals surface area contributed by atoms with Crippen molar-refractivity contribution in [3.05, 3.63) is 89.5 Å². The predicted octanol–water partition coefficient (Wildman–Crippen LogP) is 6.07. The number of carbonyl (C=O) groups excluding carboxylic acids is 1. The first-order valence-corrected chi connectivity index (χ1v) is 13.5. The monoisotopic (exact) mass is 546 g/mol. The molecule has 3 aromatic rings. The number of phenols is 1. The van der Waals surface area contributed by atoms with Crippen LogP contribution in [0.2, 0.25) is 0 Å². The van der Waals surface area contributed by atoms with Gasteiger partial charge >= 0.3 is 35.5 Å². The summed E-state index contributed by atoms with van der Waals surface area (Å²) >= 11 is 1.70. The molecule has 0 spiro atoms. The van der Waals surface area contributed by atoms with Crippen LogP contribution >= 0.6 is 11.8 Å². The fourth-order valence-corrected chi connectivity index (χ4v) is 5.15. The van der Waals surface area contributed by atoms with Gasteiger partial charge in [-0.3, -0.25) is 9.59 Å². The van der Waals surface area contributed by atoms with Crippen LogP contribution in [0, 0.1) is 0 Å². The van der Waals surface area contributed by atoms with E-state index < -0.39 is 5.97 Å². The van der Waals surface area contributed by atoms with E-state index in [1.807, 2.05) is 18.2 Å². The number of carbonyl (C=O) groups is 2. The van der Waals surface area contributed by atoms with Crippen LogP contribution in [0.25, 0.3) is 0 Å². The number of hydrogen-bond donors (Lipinski definition) is 2. The number of thioether (sulfide) groups is 1. The van der Waals surface area contributed by atoms with E-state index in [-0.39, 0.29) is 58.3 Å². The molecule has 0 aliphatic rings. The van der Waals surface area contributed by atoms with Gasteiger partial charge in [-0.05, 0) is 61.6 Å². The first-order valence-electron chi connectivity index (χ1n) is 12.5. The molecule has 8 heteroatoms. The summed E-state index contributed by atoms with van der Waals surface area (Å²) in [6.07, 6.45) is 3.82. The second-order valence-electron chi connectivity index (χ2n) is 8.74. The van der Waals surface area contributed by atoms with Crippen molar-refractivity contribution in [2.24, 2.45) is 0 Å². The zero-order valence-electron chi connectivity index (χ0n) is 21.1.